The van der Waals surface area contributed by atoms with Crippen molar-refractivity contribution < 1.29 is 14.0 Å². The molecular weight excluding hydrogens is 475 g/mol. The third-order valence-electron chi connectivity index (χ3n) is 5.87. The van der Waals surface area contributed by atoms with Gasteiger partial charge in [0.25, 0.3) is 0 Å². The smallest absolute Gasteiger partial charge is 0.247 e. The minimum Gasteiger partial charge on any atom is -0.350 e. The van der Waals surface area contributed by atoms with Gasteiger partial charge in [-0.3, -0.25) is 9.59 Å². The number of nitrogens with one attached hydrogen (secondary N) is 1. The average Bonchev–Trinajstić information content (AvgIpc) is 2.90. The molecule has 2 amide bonds. The predicted octanol–water partition coefficient (Wildman–Crippen LogP) is 6.11. The van der Waals surface area contributed by atoms with Gasteiger partial charge in [0.2, 0.25) is 11.8 Å². The molecule has 0 saturated carbocycles. The maximum atomic E-state index is 13.7. The number of hydrogen-bond donors (Lipinski definition) is 1. The molecule has 0 radical (unpaired) electrons. The van der Waals surface area contributed by atoms with Crippen LogP contribution in [0.5, 0.6) is 0 Å². The molecule has 6 heteroatoms. The summed E-state index contributed by atoms with van der Waals surface area (Å²) in [5, 5.41) is 3.51. The first-order valence-corrected chi connectivity index (χ1v) is 12.0. The molecule has 0 aromatic heterocycles. The summed E-state index contributed by atoms with van der Waals surface area (Å²) in [4.78, 5) is 28.9. The van der Waals surface area contributed by atoms with Crippen LogP contribution in [0.15, 0.2) is 109 Å². The lowest BCUT2D eigenvalue weighted by atomic mass is 10.0. The standard InChI is InChI=1S/C30H26ClFN2O2/c31-27-14-8-7-13-25(27)20-33-30(36)29(24-11-5-2-6-12-24)34(21-23-15-17-26(32)18-16-23)28(35)19-22-9-3-1-4-10-22/h1-18,29H,19-21H2,(H,33,36)/t29-/m1/s1. The second-order valence-electron chi connectivity index (χ2n) is 8.43. The van der Waals surface area contributed by atoms with Gasteiger partial charge in [0.05, 0.1) is 6.42 Å². The molecule has 0 aliphatic carbocycles. The molecule has 0 aliphatic rings. The molecule has 0 spiro atoms. The van der Waals surface area contributed by atoms with Crippen molar-refractivity contribution in [2.24, 2.45) is 0 Å². The Labute approximate surface area is 215 Å². The van der Waals surface area contributed by atoms with Crippen LogP contribution in [0.4, 0.5) is 4.39 Å². The maximum absolute atomic E-state index is 13.7. The normalized spacial score (nSPS) is 11.5. The maximum Gasteiger partial charge on any atom is 0.247 e. The van der Waals surface area contributed by atoms with Crippen molar-refractivity contribution in [1.82, 2.24) is 10.2 Å². The summed E-state index contributed by atoms with van der Waals surface area (Å²) >= 11 is 6.28. The largest absolute Gasteiger partial charge is 0.350 e. The van der Waals surface area contributed by atoms with Gasteiger partial charge in [0.15, 0.2) is 0 Å². The lowest BCUT2D eigenvalue weighted by Crippen LogP contribution is -2.43. The van der Waals surface area contributed by atoms with E-state index in [4.69, 9.17) is 11.6 Å². The van der Waals surface area contributed by atoms with Crippen molar-refractivity contribution in [2.75, 3.05) is 0 Å². The Kier molecular flexibility index (Phi) is 8.48. The summed E-state index contributed by atoms with van der Waals surface area (Å²) in [6.45, 7) is 0.365. The highest BCUT2D eigenvalue weighted by molar-refractivity contribution is 6.31. The summed E-state index contributed by atoms with van der Waals surface area (Å²) in [5.41, 5.74) is 3.02. The third-order valence-corrected chi connectivity index (χ3v) is 6.24. The van der Waals surface area contributed by atoms with Crippen LogP contribution in [-0.4, -0.2) is 16.7 Å². The van der Waals surface area contributed by atoms with Gasteiger partial charge in [-0.25, -0.2) is 4.39 Å². The second kappa shape index (κ2) is 12.1. The van der Waals surface area contributed by atoms with Crippen molar-refractivity contribution >= 4 is 23.4 Å². The summed E-state index contributed by atoms with van der Waals surface area (Å²) in [6, 6.07) is 30.9. The highest BCUT2D eigenvalue weighted by atomic mass is 35.5. The van der Waals surface area contributed by atoms with Crippen LogP contribution in [0, 0.1) is 5.82 Å². The van der Waals surface area contributed by atoms with Gasteiger partial charge in [0, 0.05) is 18.1 Å². The minimum atomic E-state index is -0.894. The molecule has 0 saturated heterocycles. The van der Waals surface area contributed by atoms with Crippen molar-refractivity contribution in [2.45, 2.75) is 25.6 Å². The van der Waals surface area contributed by atoms with Gasteiger partial charge in [0.1, 0.15) is 11.9 Å². The number of amides is 2. The van der Waals surface area contributed by atoms with Gasteiger partial charge in [-0.05, 0) is 40.5 Å². The zero-order valence-corrected chi connectivity index (χ0v) is 20.4. The summed E-state index contributed by atoms with van der Waals surface area (Å²) < 4.78 is 13.6. The van der Waals surface area contributed by atoms with Crippen molar-refractivity contribution in [3.63, 3.8) is 0 Å². The Morgan fingerprint density at radius 2 is 1.39 bits per heavy atom. The molecule has 0 fully saturated rings. The van der Waals surface area contributed by atoms with Gasteiger partial charge in [-0.2, -0.15) is 0 Å². The number of rotatable bonds is 9. The SMILES string of the molecule is O=C(NCc1ccccc1Cl)[C@@H](c1ccccc1)N(Cc1ccc(F)cc1)C(=O)Cc1ccccc1. The molecule has 0 bridgehead atoms. The summed E-state index contributed by atoms with van der Waals surface area (Å²) in [6.07, 6.45) is 0.128. The van der Waals surface area contributed by atoms with E-state index in [1.54, 1.807) is 23.1 Å². The van der Waals surface area contributed by atoms with E-state index in [0.29, 0.717) is 10.6 Å². The number of carbonyl (C=O) groups excluding carboxylic acids is 2. The Morgan fingerprint density at radius 1 is 0.778 bits per heavy atom. The molecule has 0 unspecified atom stereocenters. The van der Waals surface area contributed by atoms with Crippen LogP contribution in [0.3, 0.4) is 0 Å². The molecule has 4 nitrogen and oxygen atoms in total. The third kappa shape index (κ3) is 6.58. The second-order valence-corrected chi connectivity index (χ2v) is 8.84. The fourth-order valence-electron chi connectivity index (χ4n) is 4.01. The van der Waals surface area contributed by atoms with Crippen LogP contribution in [0.1, 0.15) is 28.3 Å². The average molecular weight is 501 g/mol. The van der Waals surface area contributed by atoms with E-state index >= 15 is 0 Å². The Hall–Kier alpha value is -3.96. The zero-order valence-electron chi connectivity index (χ0n) is 19.6. The highest BCUT2D eigenvalue weighted by Gasteiger charge is 2.31. The van der Waals surface area contributed by atoms with Crippen molar-refractivity contribution in [1.29, 1.82) is 0 Å². The molecule has 1 N–H and O–H groups in total. The van der Waals surface area contributed by atoms with Crippen LogP contribution in [0.25, 0.3) is 0 Å². The molecule has 4 aromatic rings. The van der Waals surface area contributed by atoms with Gasteiger partial charge in [-0.15, -0.1) is 0 Å². The number of nitrogens with zero attached hydrogens (tertiary/aromatic N) is 1. The molecule has 4 rings (SSSR count). The summed E-state index contributed by atoms with van der Waals surface area (Å²) in [7, 11) is 0. The Morgan fingerprint density at radius 3 is 2.06 bits per heavy atom. The van der Waals surface area contributed by atoms with Gasteiger partial charge >= 0.3 is 0 Å². The summed E-state index contributed by atoms with van der Waals surface area (Å²) in [5.74, 6) is -0.907. The van der Waals surface area contributed by atoms with E-state index in [0.717, 1.165) is 16.7 Å². The molecule has 4 aromatic carbocycles. The lowest BCUT2D eigenvalue weighted by Gasteiger charge is -2.32. The first-order valence-electron chi connectivity index (χ1n) is 11.6. The first-order chi connectivity index (χ1) is 17.5. The molecule has 1 atom stereocenters. The molecule has 0 heterocycles. The van der Waals surface area contributed by atoms with E-state index in [1.807, 2.05) is 78.9 Å². The van der Waals surface area contributed by atoms with Crippen LogP contribution in [-0.2, 0) is 29.1 Å². The monoisotopic (exact) mass is 500 g/mol. The van der Waals surface area contributed by atoms with Crippen molar-refractivity contribution in [3.05, 3.63) is 142 Å². The Bertz CT molecular complexity index is 1300. The van der Waals surface area contributed by atoms with E-state index in [1.165, 1.54) is 12.1 Å². The Balaban J connectivity index is 1.67. The molecule has 0 aliphatic heterocycles. The molecular formula is C30H26ClFN2O2. The predicted molar refractivity (Wildman–Crippen MR) is 140 cm³/mol. The van der Waals surface area contributed by atoms with Gasteiger partial charge in [-0.1, -0.05) is 103 Å². The first kappa shape index (κ1) is 25.1. The van der Waals surface area contributed by atoms with E-state index in [-0.39, 0.29) is 37.1 Å². The van der Waals surface area contributed by atoms with E-state index in [9.17, 15) is 14.0 Å². The number of hydrogen-bond acceptors (Lipinski definition) is 2. The number of carbonyl (C=O) groups is 2. The lowest BCUT2D eigenvalue weighted by molar-refractivity contribution is -0.141. The highest BCUT2D eigenvalue weighted by Crippen LogP contribution is 2.25. The van der Waals surface area contributed by atoms with Crippen LogP contribution in [0.2, 0.25) is 5.02 Å². The van der Waals surface area contributed by atoms with Crippen LogP contribution >= 0.6 is 11.6 Å². The van der Waals surface area contributed by atoms with Crippen molar-refractivity contribution in [3.8, 4) is 0 Å². The topological polar surface area (TPSA) is 49.4 Å². The quantitative estimate of drug-likeness (QED) is 0.301. The minimum absolute atomic E-state index is 0.128. The van der Waals surface area contributed by atoms with E-state index < -0.39 is 6.04 Å². The number of halogens is 2. The van der Waals surface area contributed by atoms with Gasteiger partial charge < -0.3 is 10.2 Å². The molecule has 182 valence electrons. The van der Waals surface area contributed by atoms with E-state index in [2.05, 4.69) is 5.32 Å². The zero-order chi connectivity index (χ0) is 25.3. The fraction of sp³-hybridized carbons (Fsp3) is 0.133. The fourth-order valence-corrected chi connectivity index (χ4v) is 4.21. The molecule has 36 heavy (non-hydrogen) atoms. The van der Waals surface area contributed by atoms with Crippen LogP contribution < -0.4 is 5.32 Å². The number of benzene rings is 4.